The average Bonchev–Trinajstić information content (AvgIpc) is 3.27. The van der Waals surface area contributed by atoms with Crippen molar-refractivity contribution in [1.29, 1.82) is 0 Å². The first-order valence-electron chi connectivity index (χ1n) is 11.8. The molecule has 0 unspecified atom stereocenters. The minimum Gasteiger partial charge on any atom is -0.494 e. The zero-order valence-electron chi connectivity index (χ0n) is 19.6. The minimum absolute atomic E-state index is 0.00427. The van der Waals surface area contributed by atoms with E-state index in [4.69, 9.17) is 9.15 Å². The van der Waals surface area contributed by atoms with Gasteiger partial charge in [0.25, 0.3) is 0 Å². The molecule has 182 valence electrons. The number of benzene rings is 2. The van der Waals surface area contributed by atoms with Gasteiger partial charge >= 0.3 is 6.09 Å². The summed E-state index contributed by atoms with van der Waals surface area (Å²) in [5.74, 6) is 2.04. The van der Waals surface area contributed by atoms with Crippen molar-refractivity contribution >= 4 is 29.1 Å². The fraction of sp³-hybridized carbons (Fsp3) is 0.296. The first-order valence-corrected chi connectivity index (χ1v) is 11.8. The normalized spacial score (nSPS) is 16.3. The Morgan fingerprint density at radius 1 is 1.14 bits per heavy atom. The van der Waals surface area contributed by atoms with Gasteiger partial charge in [0.2, 0.25) is 0 Å². The van der Waals surface area contributed by atoms with Crippen molar-refractivity contribution in [2.45, 2.75) is 31.3 Å². The molecule has 0 bridgehead atoms. The van der Waals surface area contributed by atoms with Crippen molar-refractivity contribution in [3.8, 4) is 0 Å². The second-order valence-corrected chi connectivity index (χ2v) is 8.84. The lowest BCUT2D eigenvalue weighted by atomic mass is 9.72. The zero-order chi connectivity index (χ0) is 24.4. The molecule has 2 heterocycles. The third-order valence-electron chi connectivity index (χ3n) is 6.79. The van der Waals surface area contributed by atoms with E-state index in [1.807, 2.05) is 60.7 Å². The highest BCUT2D eigenvalue weighted by Crippen LogP contribution is 2.44. The van der Waals surface area contributed by atoms with Crippen LogP contribution in [0.1, 0.15) is 41.7 Å². The first-order chi connectivity index (χ1) is 17.0. The number of methoxy groups -OCH3 is 1. The summed E-state index contributed by atoms with van der Waals surface area (Å²) < 4.78 is 12.0. The molecular formula is C27H29N3O5. The number of aliphatic hydroxyl groups excluding tert-OH is 1. The number of carbonyl (C=O) groups is 1. The Bertz CT molecular complexity index is 1230. The maximum atomic E-state index is 11.4. The Hall–Kier alpha value is -3.91. The van der Waals surface area contributed by atoms with Gasteiger partial charge in [0.15, 0.2) is 11.6 Å². The van der Waals surface area contributed by atoms with Gasteiger partial charge in [0.1, 0.15) is 5.76 Å². The molecule has 1 saturated carbocycles. The molecular weight excluding hydrogens is 446 g/mol. The van der Waals surface area contributed by atoms with E-state index < -0.39 is 11.6 Å². The summed E-state index contributed by atoms with van der Waals surface area (Å²) in [6.07, 6.45) is 1.59. The van der Waals surface area contributed by atoms with E-state index in [0.717, 1.165) is 53.1 Å². The van der Waals surface area contributed by atoms with Crippen LogP contribution in [-0.4, -0.2) is 36.6 Å². The second kappa shape index (κ2) is 9.38. The van der Waals surface area contributed by atoms with Gasteiger partial charge in [0, 0.05) is 23.9 Å². The zero-order valence-corrected chi connectivity index (χ0v) is 19.6. The van der Waals surface area contributed by atoms with E-state index in [1.165, 1.54) is 0 Å². The molecule has 1 aliphatic heterocycles. The highest BCUT2D eigenvalue weighted by molar-refractivity contribution is 5.97. The van der Waals surface area contributed by atoms with Crippen LogP contribution in [0.15, 0.2) is 65.1 Å². The van der Waals surface area contributed by atoms with E-state index in [0.29, 0.717) is 24.7 Å². The fourth-order valence-corrected chi connectivity index (χ4v) is 4.97. The molecule has 5 rings (SSSR count). The third kappa shape index (κ3) is 4.21. The molecule has 35 heavy (non-hydrogen) atoms. The first kappa shape index (κ1) is 22.9. The lowest BCUT2D eigenvalue weighted by Gasteiger charge is -2.42. The van der Waals surface area contributed by atoms with Gasteiger partial charge in [0.05, 0.1) is 37.1 Å². The molecule has 2 aromatic carbocycles. The smallest absolute Gasteiger partial charge is 0.405 e. The molecule has 1 aliphatic carbocycles. The maximum absolute atomic E-state index is 11.4. The van der Waals surface area contributed by atoms with E-state index in [1.54, 1.807) is 7.11 Å². The number of carboxylic acid groups (broad SMARTS) is 1. The maximum Gasteiger partial charge on any atom is 0.405 e. The van der Waals surface area contributed by atoms with E-state index in [2.05, 4.69) is 15.5 Å². The summed E-state index contributed by atoms with van der Waals surface area (Å²) >= 11 is 0. The van der Waals surface area contributed by atoms with Gasteiger partial charge in [-0.25, -0.2) is 4.79 Å². The minimum atomic E-state index is -1.00. The summed E-state index contributed by atoms with van der Waals surface area (Å²) in [5.41, 5.74) is 4.21. The second-order valence-electron chi connectivity index (χ2n) is 8.84. The number of anilines is 2. The van der Waals surface area contributed by atoms with E-state index in [-0.39, 0.29) is 6.61 Å². The number of hydrogen-bond donors (Lipinski definition) is 4. The summed E-state index contributed by atoms with van der Waals surface area (Å²) in [5, 5.41) is 24.3. The summed E-state index contributed by atoms with van der Waals surface area (Å²) in [4.78, 5) is 13.5. The van der Waals surface area contributed by atoms with E-state index in [9.17, 15) is 15.0 Å². The largest absolute Gasteiger partial charge is 0.494 e. The topological polar surface area (TPSA) is 107 Å². The number of fused-ring (bicyclic) bond motifs is 1. The molecule has 8 heteroatoms. The average molecular weight is 476 g/mol. The molecule has 1 fully saturated rings. The Morgan fingerprint density at radius 3 is 2.49 bits per heavy atom. The predicted octanol–water partition coefficient (Wildman–Crippen LogP) is 4.82. The molecule has 0 atom stereocenters. The number of amides is 1. The van der Waals surface area contributed by atoms with Crippen LogP contribution in [0.4, 0.5) is 16.4 Å². The van der Waals surface area contributed by atoms with Crippen LogP contribution in [0.25, 0.3) is 11.5 Å². The molecule has 0 radical (unpaired) electrons. The molecule has 8 nitrogen and oxygen atoms in total. The quantitative estimate of drug-likeness (QED) is 0.370. The van der Waals surface area contributed by atoms with Crippen molar-refractivity contribution in [2.75, 3.05) is 30.5 Å². The van der Waals surface area contributed by atoms with Gasteiger partial charge in [-0.3, -0.25) is 0 Å². The Kier molecular flexibility index (Phi) is 6.13. The molecule has 0 saturated heterocycles. The molecule has 2 aliphatic rings. The Morgan fingerprint density at radius 2 is 1.89 bits per heavy atom. The van der Waals surface area contributed by atoms with Gasteiger partial charge in [-0.15, -0.1) is 0 Å². The molecule has 1 amide bonds. The number of furan rings is 1. The molecule has 4 N–H and O–H groups in total. The van der Waals surface area contributed by atoms with Gasteiger partial charge < -0.3 is 34.9 Å². The lowest BCUT2D eigenvalue weighted by Crippen LogP contribution is -2.50. The van der Waals surface area contributed by atoms with Crippen molar-refractivity contribution in [2.24, 2.45) is 0 Å². The summed E-state index contributed by atoms with van der Waals surface area (Å²) in [6, 6.07) is 20.0. The number of aliphatic hydroxyl groups is 1. The van der Waals surface area contributed by atoms with Gasteiger partial charge in [-0.1, -0.05) is 42.5 Å². The van der Waals surface area contributed by atoms with Crippen molar-refractivity contribution in [3.63, 3.8) is 0 Å². The highest BCUT2D eigenvalue weighted by Gasteiger charge is 2.40. The van der Waals surface area contributed by atoms with Gasteiger partial charge in [-0.05, 0) is 37.0 Å². The lowest BCUT2D eigenvalue weighted by molar-refractivity contribution is 0.144. The van der Waals surface area contributed by atoms with Crippen LogP contribution in [0.2, 0.25) is 0 Å². The van der Waals surface area contributed by atoms with Crippen LogP contribution < -0.4 is 15.5 Å². The van der Waals surface area contributed by atoms with Crippen LogP contribution >= 0.6 is 0 Å². The van der Waals surface area contributed by atoms with Crippen LogP contribution in [0.5, 0.6) is 0 Å². The highest BCUT2D eigenvalue weighted by atomic mass is 16.5. The van der Waals surface area contributed by atoms with Crippen LogP contribution in [0, 0.1) is 0 Å². The number of nitrogens with zero attached hydrogens (tertiary/aromatic N) is 1. The monoisotopic (exact) mass is 475 g/mol. The summed E-state index contributed by atoms with van der Waals surface area (Å²) in [6.45, 7) is 0.886. The predicted molar refractivity (Wildman–Crippen MR) is 134 cm³/mol. The number of hydrogen-bond acceptors (Lipinski definition) is 6. The fourth-order valence-electron chi connectivity index (χ4n) is 4.97. The number of rotatable bonds is 8. The van der Waals surface area contributed by atoms with Crippen molar-refractivity contribution in [1.82, 2.24) is 5.32 Å². The van der Waals surface area contributed by atoms with Crippen molar-refractivity contribution in [3.05, 3.63) is 83.1 Å². The van der Waals surface area contributed by atoms with Crippen LogP contribution in [0.3, 0.4) is 0 Å². The van der Waals surface area contributed by atoms with Crippen molar-refractivity contribution < 1.29 is 24.2 Å². The molecule has 1 aromatic heterocycles. The molecule has 3 aromatic rings. The Balaban J connectivity index is 1.56. The van der Waals surface area contributed by atoms with Crippen LogP contribution in [-0.2, 0) is 16.8 Å². The standard InChI is InChI=1S/C27H29N3O5/c1-34-25-21-16-23(28-14-15-31)35-22(21)17-30(24(25)18-6-3-2-4-7-18)20-10-8-19(9-11-20)27(12-5-13-27)29-26(32)33/h2-4,6-11,16,28-29,31H,5,12-15,17H2,1H3,(H,32,33). The van der Waals surface area contributed by atoms with Gasteiger partial charge in [-0.2, -0.15) is 0 Å². The number of ether oxygens (including phenoxy) is 1. The Labute approximate surface area is 203 Å². The van der Waals surface area contributed by atoms with E-state index >= 15 is 0 Å². The third-order valence-corrected chi connectivity index (χ3v) is 6.79. The summed E-state index contributed by atoms with van der Waals surface area (Å²) in [7, 11) is 1.65. The number of nitrogens with one attached hydrogen (secondary N) is 2. The molecule has 0 spiro atoms. The SMILES string of the molecule is COC1=C(c2ccccc2)N(c2ccc(C3(NC(=O)O)CCC3)cc2)Cc2oc(NCCO)cc21.